The zero-order valence-corrected chi connectivity index (χ0v) is 11.7. The van der Waals surface area contributed by atoms with E-state index in [1.807, 2.05) is 0 Å². The molecule has 0 saturated heterocycles. The highest BCUT2D eigenvalue weighted by atomic mass is 35.5. The van der Waals surface area contributed by atoms with E-state index < -0.39 is 16.4 Å². The molecule has 1 aromatic rings. The van der Waals surface area contributed by atoms with Gasteiger partial charge in [0.05, 0.1) is 4.92 Å². The average Bonchev–Trinajstić information content (AvgIpc) is 2.27. The molecule has 1 amide bonds. The van der Waals surface area contributed by atoms with Crippen LogP contribution >= 0.6 is 11.6 Å². The number of benzene rings is 1. The van der Waals surface area contributed by atoms with Gasteiger partial charge in [-0.3, -0.25) is 14.9 Å². The van der Waals surface area contributed by atoms with Crippen LogP contribution in [0.15, 0.2) is 18.2 Å². The predicted octanol–water partition coefficient (Wildman–Crippen LogP) is 2.56. The van der Waals surface area contributed by atoms with Gasteiger partial charge < -0.3 is 11.1 Å². The molecule has 0 bridgehead atoms. The molecular weight excluding hydrogens is 270 g/mol. The van der Waals surface area contributed by atoms with Gasteiger partial charge in [-0.2, -0.15) is 0 Å². The lowest BCUT2D eigenvalue weighted by atomic mass is 9.87. The number of para-hydroxylation sites is 1. The van der Waals surface area contributed by atoms with Crippen molar-refractivity contribution in [3.8, 4) is 0 Å². The van der Waals surface area contributed by atoms with Gasteiger partial charge in [-0.05, 0) is 25.0 Å². The molecule has 19 heavy (non-hydrogen) atoms. The number of carbonyl (C=O) groups is 1. The van der Waals surface area contributed by atoms with Gasteiger partial charge in [0.25, 0.3) is 0 Å². The molecule has 1 aromatic carbocycles. The summed E-state index contributed by atoms with van der Waals surface area (Å²) < 4.78 is 0. The fourth-order valence-electron chi connectivity index (χ4n) is 1.57. The first-order chi connectivity index (χ1) is 8.70. The molecule has 6 nitrogen and oxygen atoms in total. The molecule has 1 unspecified atom stereocenters. The van der Waals surface area contributed by atoms with Crippen molar-refractivity contribution < 1.29 is 9.72 Å². The molecule has 104 valence electrons. The molecule has 0 aromatic heterocycles. The first-order valence-corrected chi connectivity index (χ1v) is 6.09. The van der Waals surface area contributed by atoms with Gasteiger partial charge in [0.15, 0.2) is 0 Å². The molecule has 7 heteroatoms. The average molecular weight is 286 g/mol. The van der Waals surface area contributed by atoms with Gasteiger partial charge in [0.1, 0.15) is 16.2 Å². The van der Waals surface area contributed by atoms with Crippen molar-refractivity contribution in [3.63, 3.8) is 0 Å². The maximum absolute atomic E-state index is 11.6. The topological polar surface area (TPSA) is 98.3 Å². The van der Waals surface area contributed by atoms with Crippen molar-refractivity contribution >= 4 is 28.9 Å². The minimum absolute atomic E-state index is 0.00516. The van der Waals surface area contributed by atoms with Gasteiger partial charge in [-0.1, -0.05) is 31.5 Å². The van der Waals surface area contributed by atoms with E-state index in [0.29, 0.717) is 0 Å². The number of hydrogen-bond acceptors (Lipinski definition) is 4. The Labute approximate surface area is 116 Å². The van der Waals surface area contributed by atoms with Crippen LogP contribution in [0.2, 0.25) is 5.02 Å². The smallest absolute Gasteiger partial charge is 0.310 e. The van der Waals surface area contributed by atoms with E-state index in [-0.39, 0.29) is 22.3 Å². The number of halogens is 1. The zero-order valence-electron chi connectivity index (χ0n) is 10.9. The van der Waals surface area contributed by atoms with Crippen LogP contribution in [0.1, 0.15) is 20.8 Å². The summed E-state index contributed by atoms with van der Waals surface area (Å²) in [4.78, 5) is 22.0. The third kappa shape index (κ3) is 2.96. The molecular formula is C12H16ClN3O3. The van der Waals surface area contributed by atoms with Crippen LogP contribution in [0.4, 0.5) is 11.4 Å². The Balaban J connectivity index is 3.29. The minimum atomic E-state index is -1.10. The van der Waals surface area contributed by atoms with Gasteiger partial charge in [-0.15, -0.1) is 0 Å². The van der Waals surface area contributed by atoms with E-state index in [4.69, 9.17) is 17.3 Å². The molecule has 0 spiro atoms. The van der Waals surface area contributed by atoms with Gasteiger partial charge in [0, 0.05) is 0 Å². The first kappa shape index (κ1) is 15.2. The summed E-state index contributed by atoms with van der Waals surface area (Å²) in [7, 11) is 0. The third-order valence-electron chi connectivity index (χ3n) is 3.23. The highest BCUT2D eigenvalue weighted by Crippen LogP contribution is 2.35. The number of nitrogens with two attached hydrogens (primary N) is 1. The predicted molar refractivity (Wildman–Crippen MR) is 74.2 cm³/mol. The Morgan fingerprint density at radius 3 is 2.53 bits per heavy atom. The minimum Gasteiger partial charge on any atom is -0.368 e. The number of carbonyl (C=O) groups excluding carboxylic acids is 1. The number of nitro benzene ring substituents is 1. The molecule has 3 N–H and O–H groups in total. The molecule has 0 fully saturated rings. The lowest BCUT2D eigenvalue weighted by Gasteiger charge is -2.32. The van der Waals surface area contributed by atoms with Crippen molar-refractivity contribution in [3.05, 3.63) is 33.3 Å². The van der Waals surface area contributed by atoms with E-state index in [0.717, 1.165) is 0 Å². The first-order valence-electron chi connectivity index (χ1n) is 5.71. The highest BCUT2D eigenvalue weighted by Gasteiger charge is 2.36. The van der Waals surface area contributed by atoms with Crippen LogP contribution in [-0.2, 0) is 4.79 Å². The maximum atomic E-state index is 11.6. The second-order valence-electron chi connectivity index (χ2n) is 4.74. The SMILES string of the molecule is CC(C)C(C)(Nc1cccc(Cl)c1[N+](=O)[O-])C(N)=O. The molecule has 1 atom stereocenters. The Morgan fingerprint density at radius 2 is 2.11 bits per heavy atom. The van der Waals surface area contributed by atoms with Crippen molar-refractivity contribution in [2.45, 2.75) is 26.3 Å². The van der Waals surface area contributed by atoms with Gasteiger partial charge in [-0.25, -0.2) is 0 Å². The quantitative estimate of drug-likeness (QED) is 0.641. The van der Waals surface area contributed by atoms with E-state index >= 15 is 0 Å². The molecule has 0 aliphatic carbocycles. The van der Waals surface area contributed by atoms with Crippen LogP contribution in [0.3, 0.4) is 0 Å². The Morgan fingerprint density at radius 1 is 1.53 bits per heavy atom. The second kappa shape index (κ2) is 5.44. The number of nitrogens with one attached hydrogen (secondary N) is 1. The third-order valence-corrected chi connectivity index (χ3v) is 3.54. The summed E-state index contributed by atoms with van der Waals surface area (Å²) in [6.45, 7) is 5.20. The maximum Gasteiger partial charge on any atom is 0.310 e. The number of anilines is 1. The molecule has 0 aliphatic rings. The largest absolute Gasteiger partial charge is 0.368 e. The number of amides is 1. The molecule has 0 heterocycles. The molecule has 0 aliphatic heterocycles. The van der Waals surface area contributed by atoms with Gasteiger partial charge >= 0.3 is 5.69 Å². The van der Waals surface area contributed by atoms with E-state index in [2.05, 4.69) is 5.32 Å². The van der Waals surface area contributed by atoms with Gasteiger partial charge in [0.2, 0.25) is 5.91 Å². The fraction of sp³-hybridized carbons (Fsp3) is 0.417. The number of hydrogen-bond donors (Lipinski definition) is 2. The number of nitro groups is 1. The number of primary amides is 1. The van der Waals surface area contributed by atoms with Crippen LogP contribution in [0.25, 0.3) is 0 Å². The lowest BCUT2D eigenvalue weighted by molar-refractivity contribution is -0.383. The standard InChI is InChI=1S/C12H16ClN3O3/c1-7(2)12(3,11(14)17)15-9-6-4-5-8(13)10(9)16(18)19/h4-7,15H,1-3H3,(H2,14,17). The van der Waals surface area contributed by atoms with Crippen LogP contribution < -0.4 is 11.1 Å². The summed E-state index contributed by atoms with van der Waals surface area (Å²) in [5.41, 5.74) is 4.19. The molecule has 0 radical (unpaired) electrons. The van der Waals surface area contributed by atoms with E-state index in [1.54, 1.807) is 26.8 Å². The normalized spacial score (nSPS) is 13.9. The van der Waals surface area contributed by atoms with E-state index in [1.165, 1.54) is 12.1 Å². The Hall–Kier alpha value is -1.82. The van der Waals surface area contributed by atoms with Crippen molar-refractivity contribution in [1.29, 1.82) is 0 Å². The number of nitrogens with zero attached hydrogens (tertiary/aromatic N) is 1. The summed E-state index contributed by atoms with van der Waals surface area (Å²) in [5.74, 6) is -0.736. The van der Waals surface area contributed by atoms with Crippen LogP contribution in [0.5, 0.6) is 0 Å². The van der Waals surface area contributed by atoms with Crippen molar-refractivity contribution in [2.24, 2.45) is 11.7 Å². The van der Waals surface area contributed by atoms with Crippen LogP contribution in [0, 0.1) is 16.0 Å². The van der Waals surface area contributed by atoms with Crippen molar-refractivity contribution in [2.75, 3.05) is 5.32 Å². The second-order valence-corrected chi connectivity index (χ2v) is 5.15. The fourth-order valence-corrected chi connectivity index (χ4v) is 1.82. The summed E-state index contributed by atoms with van der Waals surface area (Å²) in [5, 5.41) is 13.9. The molecule has 0 saturated carbocycles. The summed E-state index contributed by atoms with van der Waals surface area (Å²) >= 11 is 5.81. The Bertz CT molecular complexity index is 519. The van der Waals surface area contributed by atoms with Crippen molar-refractivity contribution in [1.82, 2.24) is 0 Å². The zero-order chi connectivity index (χ0) is 14.8. The van der Waals surface area contributed by atoms with Crippen LogP contribution in [-0.4, -0.2) is 16.4 Å². The summed E-state index contributed by atoms with van der Waals surface area (Å²) in [6, 6.07) is 4.48. The monoisotopic (exact) mass is 285 g/mol. The van der Waals surface area contributed by atoms with E-state index in [9.17, 15) is 14.9 Å². The highest BCUT2D eigenvalue weighted by molar-refractivity contribution is 6.33. The number of rotatable bonds is 5. The summed E-state index contributed by atoms with van der Waals surface area (Å²) in [6.07, 6.45) is 0. The lowest BCUT2D eigenvalue weighted by Crippen LogP contribution is -2.52. The molecule has 1 rings (SSSR count). The Kier molecular flexibility index (Phi) is 4.36.